The van der Waals surface area contributed by atoms with Gasteiger partial charge in [-0.3, -0.25) is 9.59 Å². The molecule has 0 amide bonds. The lowest BCUT2D eigenvalue weighted by molar-refractivity contribution is -0.145. The molecule has 0 atom stereocenters. The van der Waals surface area contributed by atoms with Crippen molar-refractivity contribution in [3.8, 4) is 5.75 Å². The summed E-state index contributed by atoms with van der Waals surface area (Å²) >= 11 is 0. The third-order valence-corrected chi connectivity index (χ3v) is 4.68. The predicted octanol–water partition coefficient (Wildman–Crippen LogP) is 5.39. The summed E-state index contributed by atoms with van der Waals surface area (Å²) < 4.78 is 85.6. The van der Waals surface area contributed by atoms with E-state index in [-0.39, 0.29) is 39.0 Å². The predicted molar refractivity (Wildman–Crippen MR) is 112 cm³/mol. The fraction of sp³-hybridized carbons (Fsp3) is 0.652. The van der Waals surface area contributed by atoms with Crippen molar-refractivity contribution in [2.45, 2.75) is 64.7 Å². The number of ether oxygens (including phenoxy) is 4. The first-order chi connectivity index (χ1) is 16.3. The third-order valence-electron chi connectivity index (χ3n) is 4.68. The molecular formula is C23H31F5O6. The van der Waals surface area contributed by atoms with Gasteiger partial charge in [-0.15, -0.1) is 0 Å². The Morgan fingerprint density at radius 2 is 1.09 bits per heavy atom. The zero-order valence-electron chi connectivity index (χ0n) is 19.2. The summed E-state index contributed by atoms with van der Waals surface area (Å²) in [5.41, 5.74) is 0. The van der Waals surface area contributed by atoms with Crippen LogP contribution in [0, 0.1) is 29.1 Å². The third kappa shape index (κ3) is 11.2. The van der Waals surface area contributed by atoms with Gasteiger partial charge < -0.3 is 18.9 Å². The second-order valence-corrected chi connectivity index (χ2v) is 7.44. The zero-order valence-corrected chi connectivity index (χ0v) is 19.2. The van der Waals surface area contributed by atoms with Gasteiger partial charge >= 0.3 is 11.9 Å². The Labute approximate surface area is 195 Å². The Morgan fingerprint density at radius 3 is 1.71 bits per heavy atom. The highest BCUT2D eigenvalue weighted by molar-refractivity contribution is 5.72. The zero-order chi connectivity index (χ0) is 25.3. The molecule has 0 fully saturated rings. The molecule has 0 saturated carbocycles. The monoisotopic (exact) mass is 498 g/mol. The second-order valence-electron chi connectivity index (χ2n) is 7.44. The van der Waals surface area contributed by atoms with Crippen LogP contribution in [0.5, 0.6) is 5.75 Å². The highest BCUT2D eigenvalue weighted by Gasteiger charge is 2.28. The van der Waals surface area contributed by atoms with Gasteiger partial charge in [-0.1, -0.05) is 45.4 Å². The van der Waals surface area contributed by atoms with Gasteiger partial charge in [-0.05, 0) is 6.42 Å². The maximum absolute atomic E-state index is 13.5. The summed E-state index contributed by atoms with van der Waals surface area (Å²) in [6.45, 7) is 2.38. The summed E-state index contributed by atoms with van der Waals surface area (Å²) in [5, 5.41) is 0. The van der Waals surface area contributed by atoms with E-state index in [4.69, 9.17) is 14.2 Å². The van der Waals surface area contributed by atoms with Crippen LogP contribution in [0.3, 0.4) is 0 Å². The van der Waals surface area contributed by atoms with E-state index in [1.165, 1.54) is 25.7 Å². The molecule has 11 heteroatoms. The fourth-order valence-electron chi connectivity index (χ4n) is 2.83. The number of hydrogen-bond donors (Lipinski definition) is 0. The van der Waals surface area contributed by atoms with E-state index in [0.717, 1.165) is 19.3 Å². The molecule has 0 radical (unpaired) electrons. The van der Waals surface area contributed by atoms with Crippen molar-refractivity contribution in [1.82, 2.24) is 0 Å². The summed E-state index contributed by atoms with van der Waals surface area (Å²) in [4.78, 5) is 23.2. The first kappa shape index (κ1) is 29.8. The molecule has 1 aromatic carbocycles. The Balaban J connectivity index is 2.04. The quantitative estimate of drug-likeness (QED) is 0.0675. The minimum Gasteiger partial charge on any atom is -0.463 e. The number of benzene rings is 1. The minimum absolute atomic E-state index is 0.0573. The molecule has 0 aliphatic heterocycles. The van der Waals surface area contributed by atoms with Crippen molar-refractivity contribution in [1.29, 1.82) is 0 Å². The molecular weight excluding hydrogens is 467 g/mol. The Morgan fingerprint density at radius 1 is 0.588 bits per heavy atom. The molecule has 0 aliphatic carbocycles. The lowest BCUT2D eigenvalue weighted by Gasteiger charge is -2.09. The van der Waals surface area contributed by atoms with Gasteiger partial charge in [0.2, 0.25) is 34.8 Å². The van der Waals surface area contributed by atoms with Crippen LogP contribution in [0.4, 0.5) is 22.0 Å². The minimum atomic E-state index is -2.35. The summed E-state index contributed by atoms with van der Waals surface area (Å²) in [5.74, 6) is -14.4. The van der Waals surface area contributed by atoms with Gasteiger partial charge in [-0.2, -0.15) is 8.78 Å². The summed E-state index contributed by atoms with van der Waals surface area (Å²) in [6.07, 6.45) is 7.65. The number of hydrogen-bond acceptors (Lipinski definition) is 6. The standard InChI is InChI=1S/C23H31F5O6/c1-2-3-4-5-6-7-8-9-16(29)33-15-14-32-13-12-31-11-10-17(30)34-23-21(27)19(25)18(24)20(26)22(23)28/h2-15H2,1H3. The second kappa shape index (κ2) is 17.2. The molecule has 0 aromatic heterocycles. The number of carbonyl (C=O) groups is 2. The van der Waals surface area contributed by atoms with Crippen LogP contribution in [-0.4, -0.2) is 45.0 Å². The molecule has 0 spiro atoms. The molecule has 0 aliphatic rings. The normalized spacial score (nSPS) is 11.0. The molecule has 0 unspecified atom stereocenters. The number of unbranched alkanes of at least 4 members (excludes halogenated alkanes) is 6. The van der Waals surface area contributed by atoms with E-state index in [2.05, 4.69) is 11.7 Å². The van der Waals surface area contributed by atoms with E-state index in [1.807, 2.05) is 0 Å². The Bertz CT molecular complexity index is 746. The first-order valence-corrected chi connectivity index (χ1v) is 11.3. The van der Waals surface area contributed by atoms with E-state index in [1.54, 1.807) is 0 Å². The number of esters is 2. The van der Waals surface area contributed by atoms with Gasteiger partial charge in [0.25, 0.3) is 0 Å². The lowest BCUT2D eigenvalue weighted by Crippen LogP contribution is -2.16. The number of halogens is 5. The molecule has 34 heavy (non-hydrogen) atoms. The Hall–Kier alpha value is -2.27. The van der Waals surface area contributed by atoms with Crippen molar-refractivity contribution >= 4 is 11.9 Å². The van der Waals surface area contributed by atoms with E-state index < -0.39 is 47.2 Å². The van der Waals surface area contributed by atoms with E-state index >= 15 is 0 Å². The van der Waals surface area contributed by atoms with Gasteiger partial charge in [0.15, 0.2) is 0 Å². The van der Waals surface area contributed by atoms with Crippen LogP contribution >= 0.6 is 0 Å². The molecule has 6 nitrogen and oxygen atoms in total. The van der Waals surface area contributed by atoms with E-state index in [9.17, 15) is 31.5 Å². The molecule has 0 heterocycles. The van der Waals surface area contributed by atoms with Crippen molar-refractivity contribution in [3.05, 3.63) is 29.1 Å². The van der Waals surface area contributed by atoms with Crippen LogP contribution in [0.1, 0.15) is 64.7 Å². The Kier molecular flexibility index (Phi) is 15.1. The molecule has 1 rings (SSSR count). The van der Waals surface area contributed by atoms with Crippen molar-refractivity contribution in [3.63, 3.8) is 0 Å². The topological polar surface area (TPSA) is 71.1 Å². The number of carbonyl (C=O) groups excluding carboxylic acids is 2. The van der Waals surface area contributed by atoms with Crippen LogP contribution < -0.4 is 4.74 Å². The summed E-state index contributed by atoms with van der Waals surface area (Å²) in [6, 6.07) is 0. The fourth-order valence-corrected chi connectivity index (χ4v) is 2.83. The van der Waals surface area contributed by atoms with Crippen molar-refractivity contribution in [2.24, 2.45) is 0 Å². The molecule has 0 saturated heterocycles. The summed E-state index contributed by atoms with van der Waals surface area (Å²) in [7, 11) is 0. The lowest BCUT2D eigenvalue weighted by atomic mass is 10.1. The largest absolute Gasteiger partial charge is 0.463 e. The van der Waals surface area contributed by atoms with Crippen molar-refractivity contribution < 1.29 is 50.5 Å². The van der Waals surface area contributed by atoms with Gasteiger partial charge in [-0.25, -0.2) is 13.2 Å². The highest BCUT2D eigenvalue weighted by Crippen LogP contribution is 2.29. The smallest absolute Gasteiger partial charge is 0.313 e. The molecule has 0 N–H and O–H groups in total. The first-order valence-electron chi connectivity index (χ1n) is 11.3. The van der Waals surface area contributed by atoms with Crippen molar-refractivity contribution in [2.75, 3.05) is 33.0 Å². The number of rotatable bonds is 18. The average Bonchev–Trinajstić information content (AvgIpc) is 2.82. The van der Waals surface area contributed by atoms with Crippen LogP contribution in [0.25, 0.3) is 0 Å². The van der Waals surface area contributed by atoms with E-state index in [0.29, 0.717) is 6.42 Å². The van der Waals surface area contributed by atoms with Gasteiger partial charge in [0, 0.05) is 6.42 Å². The maximum Gasteiger partial charge on any atom is 0.313 e. The van der Waals surface area contributed by atoms with Crippen LogP contribution in [0.15, 0.2) is 0 Å². The van der Waals surface area contributed by atoms with Gasteiger partial charge in [0.05, 0.1) is 32.8 Å². The highest BCUT2D eigenvalue weighted by atomic mass is 19.2. The SMILES string of the molecule is CCCCCCCCCC(=O)OCCOCCOCCC(=O)Oc1c(F)c(F)c(F)c(F)c1F. The molecule has 1 aromatic rings. The van der Waals surface area contributed by atoms with Crippen LogP contribution in [0.2, 0.25) is 0 Å². The van der Waals surface area contributed by atoms with Gasteiger partial charge in [0.1, 0.15) is 6.61 Å². The average molecular weight is 498 g/mol. The van der Waals surface area contributed by atoms with Crippen LogP contribution in [-0.2, 0) is 23.8 Å². The molecule has 0 bridgehead atoms. The maximum atomic E-state index is 13.5. The molecule has 194 valence electrons.